The van der Waals surface area contributed by atoms with Gasteiger partial charge in [-0.15, -0.1) is 6.58 Å². The van der Waals surface area contributed by atoms with Crippen molar-refractivity contribution in [1.82, 2.24) is 0 Å². The molecule has 2 rings (SSSR count). The van der Waals surface area contributed by atoms with Gasteiger partial charge in [-0.2, -0.15) is 0 Å². The Morgan fingerprint density at radius 1 is 1.26 bits per heavy atom. The van der Waals surface area contributed by atoms with Crippen molar-refractivity contribution in [2.75, 3.05) is 13.7 Å². The van der Waals surface area contributed by atoms with Crippen LogP contribution in [0, 0.1) is 11.8 Å². The average molecular weight is 388 g/mol. The normalized spacial score (nSPS) is 39.1. The molecule has 0 radical (unpaired) electrons. The van der Waals surface area contributed by atoms with Crippen molar-refractivity contribution in [1.29, 1.82) is 0 Å². The quantitative estimate of drug-likeness (QED) is 0.224. The van der Waals surface area contributed by atoms with Crippen LogP contribution in [-0.2, 0) is 28.5 Å². The summed E-state index contributed by atoms with van der Waals surface area (Å²) in [7, 11) is 1.20. The summed E-state index contributed by atoms with van der Waals surface area (Å²) < 4.78 is 21.0. The zero-order chi connectivity index (χ0) is 20.1. The number of hydrogen-bond acceptors (Lipinski definition) is 10. The summed E-state index contributed by atoms with van der Waals surface area (Å²) in [6.45, 7) is 3.06. The van der Waals surface area contributed by atoms with E-state index < -0.39 is 61.4 Å². The molecule has 0 spiro atoms. The monoisotopic (exact) mass is 388 g/mol. The van der Waals surface area contributed by atoms with Gasteiger partial charge in [-0.25, -0.2) is 4.79 Å². The molecule has 10 nitrogen and oxygen atoms in total. The lowest BCUT2D eigenvalue weighted by molar-refractivity contribution is -0.339. The number of esters is 1. The van der Waals surface area contributed by atoms with Gasteiger partial charge < -0.3 is 44.2 Å². The Morgan fingerprint density at radius 3 is 2.52 bits per heavy atom. The fourth-order valence-electron chi connectivity index (χ4n) is 3.13. The summed E-state index contributed by atoms with van der Waals surface area (Å²) in [6.07, 6.45) is -5.31. The lowest BCUT2D eigenvalue weighted by atomic mass is 9.82. The lowest BCUT2D eigenvalue weighted by Gasteiger charge is -2.42. The summed E-state index contributed by atoms with van der Waals surface area (Å²) >= 11 is 0. The Kier molecular flexibility index (Phi) is 7.48. The maximum Gasteiger partial charge on any atom is 0.337 e. The second-order valence-corrected chi connectivity index (χ2v) is 6.22. The molecule has 0 aromatic rings. The van der Waals surface area contributed by atoms with E-state index in [9.17, 15) is 30.0 Å². The van der Waals surface area contributed by atoms with Crippen LogP contribution in [0.15, 0.2) is 24.5 Å². The first-order chi connectivity index (χ1) is 12.9. The van der Waals surface area contributed by atoms with Crippen LogP contribution >= 0.6 is 0 Å². The van der Waals surface area contributed by atoms with Crippen LogP contribution in [0.25, 0.3) is 0 Å². The van der Waals surface area contributed by atoms with E-state index in [4.69, 9.17) is 14.2 Å². The molecule has 0 amide bonds. The van der Waals surface area contributed by atoms with Gasteiger partial charge >= 0.3 is 5.97 Å². The Labute approximate surface area is 155 Å². The Morgan fingerprint density at radius 2 is 1.96 bits per heavy atom. The van der Waals surface area contributed by atoms with Crippen LogP contribution in [0.1, 0.15) is 6.42 Å². The molecule has 0 aromatic heterocycles. The number of aldehydes is 1. The van der Waals surface area contributed by atoms with E-state index in [1.54, 1.807) is 0 Å². The fourth-order valence-corrected chi connectivity index (χ4v) is 3.13. The Bertz CT molecular complexity index is 574. The van der Waals surface area contributed by atoms with Crippen molar-refractivity contribution in [3.05, 3.63) is 24.5 Å². The highest BCUT2D eigenvalue weighted by molar-refractivity contribution is 5.89. The Hall–Kier alpha value is -1.82. The third kappa shape index (κ3) is 4.37. The van der Waals surface area contributed by atoms with Crippen LogP contribution in [-0.4, -0.2) is 83.4 Å². The molecule has 0 bridgehead atoms. The molecule has 8 atom stereocenters. The molecule has 0 aromatic carbocycles. The highest BCUT2D eigenvalue weighted by atomic mass is 16.8. The maximum atomic E-state index is 11.9. The van der Waals surface area contributed by atoms with Crippen molar-refractivity contribution >= 4 is 12.3 Å². The lowest BCUT2D eigenvalue weighted by Crippen LogP contribution is -2.60. The third-order valence-corrected chi connectivity index (χ3v) is 4.67. The number of ether oxygens (including phenoxy) is 4. The number of rotatable bonds is 7. The van der Waals surface area contributed by atoms with Crippen LogP contribution < -0.4 is 0 Å². The summed E-state index contributed by atoms with van der Waals surface area (Å²) in [4.78, 5) is 23.0. The van der Waals surface area contributed by atoms with Gasteiger partial charge in [0.1, 0.15) is 30.7 Å². The van der Waals surface area contributed by atoms with Gasteiger partial charge in [0, 0.05) is 18.3 Å². The SMILES string of the molecule is C=C[C@H]1[C@H](O[C@H]2O[C@H](CO)[C@@H](O)[C@H](O)[C@H]2O)OC=C(C(=O)OC)[C@H]1CC=O. The largest absolute Gasteiger partial charge is 0.471 e. The van der Waals surface area contributed by atoms with Crippen molar-refractivity contribution in [3.8, 4) is 0 Å². The van der Waals surface area contributed by atoms with Crippen molar-refractivity contribution in [2.45, 2.75) is 43.4 Å². The molecule has 4 N–H and O–H groups in total. The molecule has 10 heteroatoms. The van der Waals surface area contributed by atoms with Gasteiger partial charge in [0.15, 0.2) is 6.29 Å². The van der Waals surface area contributed by atoms with E-state index >= 15 is 0 Å². The van der Waals surface area contributed by atoms with Gasteiger partial charge in [-0.3, -0.25) is 0 Å². The average Bonchev–Trinajstić information content (AvgIpc) is 2.68. The zero-order valence-electron chi connectivity index (χ0n) is 14.7. The minimum absolute atomic E-state index is 0.0322. The molecule has 1 fully saturated rings. The smallest absolute Gasteiger partial charge is 0.337 e. The molecule has 0 aliphatic carbocycles. The molecule has 27 heavy (non-hydrogen) atoms. The number of methoxy groups -OCH3 is 1. The zero-order valence-corrected chi connectivity index (χ0v) is 14.7. The number of aliphatic hydroxyl groups is 4. The van der Waals surface area contributed by atoms with Gasteiger partial charge in [0.05, 0.1) is 25.6 Å². The number of aliphatic hydroxyl groups excluding tert-OH is 4. The van der Waals surface area contributed by atoms with Crippen LogP contribution in [0.5, 0.6) is 0 Å². The van der Waals surface area contributed by atoms with E-state index in [0.29, 0.717) is 6.29 Å². The molecule has 1 saturated heterocycles. The van der Waals surface area contributed by atoms with E-state index in [1.807, 2.05) is 0 Å². The molecule has 2 heterocycles. The van der Waals surface area contributed by atoms with E-state index in [-0.39, 0.29) is 12.0 Å². The standard InChI is InChI=1S/C17H24O10/c1-3-8-9(4-5-18)10(15(23)24-2)7-25-16(8)27-17-14(22)13(21)12(20)11(6-19)26-17/h3,5,7-9,11-14,16-17,19-22H,1,4,6H2,2H3/t8-,9+,11-,12-,13+,14-,16+,17-/m1/s1. The first-order valence-corrected chi connectivity index (χ1v) is 8.35. The van der Waals surface area contributed by atoms with Gasteiger partial charge in [0.2, 0.25) is 6.29 Å². The second kappa shape index (κ2) is 9.40. The molecule has 152 valence electrons. The number of hydrogen-bond donors (Lipinski definition) is 4. The third-order valence-electron chi connectivity index (χ3n) is 4.67. The number of carbonyl (C=O) groups is 2. The molecule has 2 aliphatic heterocycles. The summed E-state index contributed by atoms with van der Waals surface area (Å²) in [5.41, 5.74) is 0.128. The molecule has 0 unspecified atom stereocenters. The summed E-state index contributed by atoms with van der Waals surface area (Å²) in [5, 5.41) is 39.0. The first kappa shape index (κ1) is 21.5. The van der Waals surface area contributed by atoms with Crippen molar-refractivity contribution in [3.63, 3.8) is 0 Å². The van der Waals surface area contributed by atoms with Crippen molar-refractivity contribution < 1.29 is 49.0 Å². The highest BCUT2D eigenvalue weighted by Crippen LogP contribution is 2.36. The van der Waals surface area contributed by atoms with Gasteiger partial charge in [-0.05, 0) is 0 Å². The fraction of sp³-hybridized carbons (Fsp3) is 0.647. The summed E-state index contributed by atoms with van der Waals surface area (Å²) in [5.74, 6) is -1.99. The molecule has 2 aliphatic rings. The second-order valence-electron chi connectivity index (χ2n) is 6.22. The number of carbonyl (C=O) groups excluding carboxylic acids is 2. The van der Waals surface area contributed by atoms with E-state index in [0.717, 1.165) is 6.26 Å². The maximum absolute atomic E-state index is 11.9. The highest BCUT2D eigenvalue weighted by Gasteiger charge is 2.47. The predicted octanol–water partition coefficient (Wildman–Crippen LogP) is -1.78. The topological polar surface area (TPSA) is 152 Å². The van der Waals surface area contributed by atoms with Crippen LogP contribution in [0.4, 0.5) is 0 Å². The van der Waals surface area contributed by atoms with E-state index in [2.05, 4.69) is 11.3 Å². The molecular weight excluding hydrogens is 364 g/mol. The Balaban J connectivity index is 2.22. The van der Waals surface area contributed by atoms with E-state index in [1.165, 1.54) is 13.2 Å². The van der Waals surface area contributed by atoms with Crippen LogP contribution in [0.3, 0.4) is 0 Å². The van der Waals surface area contributed by atoms with Gasteiger partial charge in [0.25, 0.3) is 0 Å². The van der Waals surface area contributed by atoms with Gasteiger partial charge in [-0.1, -0.05) is 6.08 Å². The minimum Gasteiger partial charge on any atom is -0.471 e. The van der Waals surface area contributed by atoms with Crippen LogP contribution in [0.2, 0.25) is 0 Å². The first-order valence-electron chi connectivity index (χ1n) is 8.35. The van der Waals surface area contributed by atoms with Crippen molar-refractivity contribution in [2.24, 2.45) is 11.8 Å². The predicted molar refractivity (Wildman–Crippen MR) is 87.7 cm³/mol. The summed E-state index contributed by atoms with van der Waals surface area (Å²) in [6, 6.07) is 0. The molecular formula is C17H24O10. The molecule has 0 saturated carbocycles. The minimum atomic E-state index is -1.62.